The first kappa shape index (κ1) is 12.2. The lowest BCUT2D eigenvalue weighted by Gasteiger charge is -2.42. The third kappa shape index (κ3) is 1.56. The largest absolute Gasteiger partial charge is 0.300 e. The van der Waals surface area contributed by atoms with E-state index in [2.05, 4.69) is 19.1 Å². The Bertz CT molecular complexity index is 423. The molecule has 4 aliphatic carbocycles. The lowest BCUT2D eigenvalue weighted by Crippen LogP contribution is -2.37. The number of Topliss-reactive ketones (excluding diaryl/α,β-unsaturated/α-hetero) is 1. The van der Waals surface area contributed by atoms with Gasteiger partial charge in [0.05, 0.1) is 0 Å². The molecule has 0 radical (unpaired) electrons. The predicted octanol–water partition coefficient (Wildman–Crippen LogP) is 4.09. The molecule has 0 amide bonds. The molecule has 0 saturated heterocycles. The van der Waals surface area contributed by atoms with Crippen LogP contribution in [-0.2, 0) is 4.79 Å². The molecule has 3 saturated carbocycles. The second-order valence-electron chi connectivity index (χ2n) is 7.64. The van der Waals surface area contributed by atoms with Gasteiger partial charge in [-0.2, -0.15) is 0 Å². The van der Waals surface area contributed by atoms with Crippen molar-refractivity contribution in [1.29, 1.82) is 0 Å². The van der Waals surface area contributed by atoms with Gasteiger partial charge in [-0.1, -0.05) is 25.5 Å². The fourth-order valence-corrected chi connectivity index (χ4v) is 6.69. The van der Waals surface area contributed by atoms with Crippen LogP contribution < -0.4 is 0 Å². The average Bonchev–Trinajstić information content (AvgIpc) is 3.11. The number of ketones is 1. The molecule has 0 N–H and O–H groups in total. The van der Waals surface area contributed by atoms with E-state index in [1.165, 1.54) is 25.7 Å². The first-order valence-corrected chi connectivity index (χ1v) is 8.38. The fourth-order valence-electron chi connectivity index (χ4n) is 6.69. The quantitative estimate of drug-likeness (QED) is 0.548. The Morgan fingerprint density at radius 3 is 2.26 bits per heavy atom. The van der Waals surface area contributed by atoms with Crippen LogP contribution in [0.3, 0.4) is 0 Å². The van der Waals surface area contributed by atoms with E-state index in [0.717, 1.165) is 53.8 Å². The van der Waals surface area contributed by atoms with Gasteiger partial charge in [0.25, 0.3) is 0 Å². The van der Waals surface area contributed by atoms with Gasteiger partial charge in [-0.3, -0.25) is 0 Å². The smallest absolute Gasteiger partial charge is 0.129 e. The van der Waals surface area contributed by atoms with E-state index < -0.39 is 0 Å². The zero-order valence-electron chi connectivity index (χ0n) is 12.2. The molecule has 0 aromatic rings. The van der Waals surface area contributed by atoms with Crippen molar-refractivity contribution in [2.75, 3.05) is 0 Å². The van der Waals surface area contributed by atoms with Gasteiger partial charge in [-0.05, 0) is 73.5 Å². The van der Waals surface area contributed by atoms with Crippen molar-refractivity contribution in [3.8, 4) is 0 Å². The zero-order valence-corrected chi connectivity index (χ0v) is 12.2. The third-order valence-electron chi connectivity index (χ3n) is 7.07. The number of carbonyl (C=O) groups is 1. The molecule has 1 nitrogen and oxygen atoms in total. The first-order chi connectivity index (χ1) is 9.20. The SMILES string of the molecule is CCC1C(CCC(C)=O)C2CC1C1C3C=CC(C3)C21. The van der Waals surface area contributed by atoms with Gasteiger partial charge in [0.1, 0.15) is 5.78 Å². The average molecular weight is 258 g/mol. The maximum absolute atomic E-state index is 11.3. The summed E-state index contributed by atoms with van der Waals surface area (Å²) in [6, 6.07) is 0. The number of allylic oxidation sites excluding steroid dienone is 2. The van der Waals surface area contributed by atoms with Crippen molar-refractivity contribution in [2.24, 2.45) is 47.3 Å². The molecule has 1 heteroatoms. The number of rotatable bonds is 4. The molecule has 4 bridgehead atoms. The van der Waals surface area contributed by atoms with Gasteiger partial charge in [0.15, 0.2) is 0 Å². The van der Waals surface area contributed by atoms with Crippen molar-refractivity contribution < 1.29 is 4.79 Å². The number of carbonyl (C=O) groups excluding carboxylic acids is 1. The van der Waals surface area contributed by atoms with E-state index in [9.17, 15) is 4.79 Å². The summed E-state index contributed by atoms with van der Waals surface area (Å²) >= 11 is 0. The molecule has 0 heterocycles. The Balaban J connectivity index is 1.58. The van der Waals surface area contributed by atoms with Crippen molar-refractivity contribution in [2.45, 2.75) is 46.0 Å². The van der Waals surface area contributed by atoms with Crippen LogP contribution in [0.4, 0.5) is 0 Å². The number of hydrogen-bond donors (Lipinski definition) is 0. The van der Waals surface area contributed by atoms with Crippen molar-refractivity contribution in [3.63, 3.8) is 0 Å². The van der Waals surface area contributed by atoms with E-state index in [1.54, 1.807) is 6.92 Å². The molecule has 3 fully saturated rings. The number of fused-ring (bicyclic) bond motifs is 9. The molecule has 4 aliphatic rings. The molecular formula is C18H26O. The van der Waals surface area contributed by atoms with Gasteiger partial charge < -0.3 is 4.79 Å². The Morgan fingerprint density at radius 2 is 1.68 bits per heavy atom. The summed E-state index contributed by atoms with van der Waals surface area (Å²) in [6.07, 6.45) is 11.3. The van der Waals surface area contributed by atoms with E-state index >= 15 is 0 Å². The topological polar surface area (TPSA) is 17.1 Å². The highest BCUT2D eigenvalue weighted by atomic mass is 16.1. The summed E-state index contributed by atoms with van der Waals surface area (Å²) in [6.45, 7) is 4.14. The highest BCUT2D eigenvalue weighted by Gasteiger charge is 2.63. The molecule has 0 aliphatic heterocycles. The Labute approximate surface area is 116 Å². The zero-order chi connectivity index (χ0) is 13.1. The van der Waals surface area contributed by atoms with Crippen LogP contribution in [0.15, 0.2) is 12.2 Å². The molecule has 0 aromatic heterocycles. The van der Waals surface area contributed by atoms with E-state index in [0.29, 0.717) is 5.78 Å². The summed E-state index contributed by atoms with van der Waals surface area (Å²) in [4.78, 5) is 11.3. The van der Waals surface area contributed by atoms with Crippen LogP contribution in [-0.4, -0.2) is 5.78 Å². The van der Waals surface area contributed by atoms with Gasteiger partial charge >= 0.3 is 0 Å². The Hall–Kier alpha value is -0.590. The highest BCUT2D eigenvalue weighted by molar-refractivity contribution is 5.75. The van der Waals surface area contributed by atoms with Gasteiger partial charge in [-0.15, -0.1) is 0 Å². The van der Waals surface area contributed by atoms with Crippen LogP contribution in [0.25, 0.3) is 0 Å². The standard InChI is InChI=1S/C18H26O/c1-3-13-14(7-4-10(2)19)16-9-15(13)17-11-5-6-12(8-11)18(16)17/h5-6,11-18H,3-4,7-9H2,1-2H3. The Kier molecular flexibility index (Phi) is 2.69. The van der Waals surface area contributed by atoms with Gasteiger partial charge in [-0.25, -0.2) is 0 Å². The maximum Gasteiger partial charge on any atom is 0.129 e. The van der Waals surface area contributed by atoms with E-state index in [1.807, 2.05) is 0 Å². The molecule has 19 heavy (non-hydrogen) atoms. The van der Waals surface area contributed by atoms with Gasteiger partial charge in [0.2, 0.25) is 0 Å². The summed E-state index contributed by atoms with van der Waals surface area (Å²) in [5, 5.41) is 0. The Morgan fingerprint density at radius 1 is 1.05 bits per heavy atom. The minimum atomic E-state index is 0.391. The summed E-state index contributed by atoms with van der Waals surface area (Å²) in [5.41, 5.74) is 0. The fraction of sp³-hybridized carbons (Fsp3) is 0.833. The predicted molar refractivity (Wildman–Crippen MR) is 76.5 cm³/mol. The second kappa shape index (κ2) is 4.20. The number of hydrogen-bond acceptors (Lipinski definition) is 1. The summed E-state index contributed by atoms with van der Waals surface area (Å²) in [5.74, 6) is 8.00. The van der Waals surface area contributed by atoms with Crippen molar-refractivity contribution >= 4 is 5.78 Å². The molecule has 0 aromatic carbocycles. The van der Waals surface area contributed by atoms with Crippen LogP contribution in [0.5, 0.6) is 0 Å². The minimum absolute atomic E-state index is 0.391. The molecular weight excluding hydrogens is 232 g/mol. The van der Waals surface area contributed by atoms with Crippen LogP contribution >= 0.6 is 0 Å². The lowest BCUT2D eigenvalue weighted by atomic mass is 9.63. The second-order valence-corrected chi connectivity index (χ2v) is 7.64. The van der Waals surface area contributed by atoms with E-state index in [4.69, 9.17) is 0 Å². The summed E-state index contributed by atoms with van der Waals surface area (Å²) in [7, 11) is 0. The summed E-state index contributed by atoms with van der Waals surface area (Å²) < 4.78 is 0. The first-order valence-electron chi connectivity index (χ1n) is 8.38. The minimum Gasteiger partial charge on any atom is -0.300 e. The molecule has 104 valence electrons. The normalized spacial score (nSPS) is 52.9. The monoisotopic (exact) mass is 258 g/mol. The van der Waals surface area contributed by atoms with E-state index in [-0.39, 0.29) is 0 Å². The highest BCUT2D eigenvalue weighted by Crippen LogP contribution is 2.69. The third-order valence-corrected chi connectivity index (χ3v) is 7.07. The molecule has 8 unspecified atom stereocenters. The van der Waals surface area contributed by atoms with Crippen LogP contribution in [0, 0.1) is 47.3 Å². The van der Waals surface area contributed by atoms with Crippen molar-refractivity contribution in [3.05, 3.63) is 12.2 Å². The van der Waals surface area contributed by atoms with Gasteiger partial charge in [0, 0.05) is 6.42 Å². The van der Waals surface area contributed by atoms with Crippen LogP contribution in [0.1, 0.15) is 46.0 Å². The maximum atomic E-state index is 11.3. The van der Waals surface area contributed by atoms with Crippen LogP contribution in [0.2, 0.25) is 0 Å². The van der Waals surface area contributed by atoms with Crippen molar-refractivity contribution in [1.82, 2.24) is 0 Å². The molecule has 8 atom stereocenters. The molecule has 0 spiro atoms. The lowest BCUT2D eigenvalue weighted by molar-refractivity contribution is -0.117. The molecule has 4 rings (SSSR count).